The molecule has 0 spiro atoms. The van der Waals surface area contributed by atoms with E-state index in [1.54, 1.807) is 0 Å². The van der Waals surface area contributed by atoms with E-state index in [-0.39, 0.29) is 0 Å². The number of benzene rings is 2. The fraction of sp³-hybridized carbons (Fsp3) is 0.294. The van der Waals surface area contributed by atoms with Gasteiger partial charge in [-0.15, -0.1) is 0 Å². The second-order valence-electron chi connectivity index (χ2n) is 4.95. The van der Waals surface area contributed by atoms with Crippen LogP contribution in [0.4, 0.5) is 0 Å². The monoisotopic (exact) mass is 299 g/mol. The molecule has 0 aliphatic carbocycles. The van der Waals surface area contributed by atoms with Crippen LogP contribution in [0.2, 0.25) is 0 Å². The average molecular weight is 299 g/mol. The molecule has 0 unspecified atom stereocenters. The van der Waals surface area contributed by atoms with Crippen LogP contribution in [0.1, 0.15) is 32.3 Å². The summed E-state index contributed by atoms with van der Waals surface area (Å²) in [7, 11) is 0. The number of fused-ring (bicyclic) bond motifs is 1. The summed E-state index contributed by atoms with van der Waals surface area (Å²) in [5, 5.41) is 10.5. The first-order valence-electron chi connectivity index (χ1n) is 7.28. The molecule has 2 aromatic rings. The number of hydrazone groups is 1. The summed E-state index contributed by atoms with van der Waals surface area (Å²) in [6.45, 7) is 5.02. The Labute approximate surface area is 131 Å². The number of nitrogens with zero attached hydrogens (tertiary/aromatic N) is 1. The summed E-state index contributed by atoms with van der Waals surface area (Å²) in [5.74, 6) is 0. The molecule has 4 heteroatoms. The fourth-order valence-electron chi connectivity index (χ4n) is 2.15. The van der Waals surface area contributed by atoms with Crippen molar-refractivity contribution >= 4 is 33.8 Å². The minimum Gasteiger partial charge on any atom is -0.361 e. The fourth-order valence-corrected chi connectivity index (χ4v) is 2.30. The molecule has 0 amide bonds. The van der Waals surface area contributed by atoms with Crippen molar-refractivity contribution in [1.82, 2.24) is 10.7 Å². The van der Waals surface area contributed by atoms with E-state index in [2.05, 4.69) is 53.1 Å². The first-order valence-corrected chi connectivity index (χ1v) is 7.69. The Morgan fingerprint density at radius 1 is 1.14 bits per heavy atom. The van der Waals surface area contributed by atoms with E-state index in [1.165, 1.54) is 10.8 Å². The van der Waals surface area contributed by atoms with Crippen LogP contribution in [-0.2, 0) is 0 Å². The molecule has 110 valence electrons. The molecule has 0 aromatic heterocycles. The SMILES string of the molecule is CCCCNC(=S)N/N=C(/C)c1cccc2ccccc12. The Kier molecular flexibility index (Phi) is 5.69. The molecule has 0 aliphatic heterocycles. The van der Waals surface area contributed by atoms with Gasteiger partial charge in [-0.2, -0.15) is 5.10 Å². The lowest BCUT2D eigenvalue weighted by Gasteiger charge is -2.09. The van der Waals surface area contributed by atoms with Crippen LogP contribution in [0.15, 0.2) is 47.6 Å². The molecule has 0 aliphatic rings. The summed E-state index contributed by atoms with van der Waals surface area (Å²) >= 11 is 5.20. The van der Waals surface area contributed by atoms with Crippen LogP contribution in [0.3, 0.4) is 0 Å². The third-order valence-corrected chi connectivity index (χ3v) is 3.56. The number of nitrogens with one attached hydrogen (secondary N) is 2. The Morgan fingerprint density at radius 2 is 1.90 bits per heavy atom. The van der Waals surface area contributed by atoms with Crippen LogP contribution in [-0.4, -0.2) is 17.4 Å². The van der Waals surface area contributed by atoms with Gasteiger partial charge in [-0.1, -0.05) is 55.8 Å². The zero-order chi connectivity index (χ0) is 15.1. The van der Waals surface area contributed by atoms with Gasteiger partial charge in [0.05, 0.1) is 5.71 Å². The van der Waals surface area contributed by atoms with Crippen molar-refractivity contribution in [1.29, 1.82) is 0 Å². The van der Waals surface area contributed by atoms with Gasteiger partial charge in [0.2, 0.25) is 0 Å². The molecule has 0 heterocycles. The van der Waals surface area contributed by atoms with E-state index in [9.17, 15) is 0 Å². The van der Waals surface area contributed by atoms with Crippen molar-refractivity contribution in [3.8, 4) is 0 Å². The van der Waals surface area contributed by atoms with Gasteiger partial charge < -0.3 is 5.32 Å². The first-order chi connectivity index (χ1) is 10.2. The molecule has 2 rings (SSSR count). The molecule has 2 aromatic carbocycles. The van der Waals surface area contributed by atoms with E-state index >= 15 is 0 Å². The maximum absolute atomic E-state index is 5.20. The van der Waals surface area contributed by atoms with Crippen LogP contribution in [0.25, 0.3) is 10.8 Å². The average Bonchev–Trinajstić information content (AvgIpc) is 2.52. The van der Waals surface area contributed by atoms with Gasteiger partial charge in [0.1, 0.15) is 0 Å². The topological polar surface area (TPSA) is 36.4 Å². The van der Waals surface area contributed by atoms with Crippen molar-refractivity contribution in [2.24, 2.45) is 5.10 Å². The number of hydrogen-bond acceptors (Lipinski definition) is 2. The summed E-state index contributed by atoms with van der Waals surface area (Å²) in [5.41, 5.74) is 4.96. The second-order valence-corrected chi connectivity index (χ2v) is 5.35. The van der Waals surface area contributed by atoms with Crippen molar-refractivity contribution in [3.63, 3.8) is 0 Å². The van der Waals surface area contributed by atoms with Gasteiger partial charge in [-0.05, 0) is 36.3 Å². The summed E-state index contributed by atoms with van der Waals surface area (Å²) in [6, 6.07) is 14.5. The zero-order valence-electron chi connectivity index (χ0n) is 12.5. The van der Waals surface area contributed by atoms with E-state index in [1.807, 2.05) is 19.1 Å². The second kappa shape index (κ2) is 7.74. The predicted molar refractivity (Wildman–Crippen MR) is 94.8 cm³/mol. The summed E-state index contributed by atoms with van der Waals surface area (Å²) in [4.78, 5) is 0. The van der Waals surface area contributed by atoms with Gasteiger partial charge in [0, 0.05) is 12.1 Å². The van der Waals surface area contributed by atoms with Crippen molar-refractivity contribution < 1.29 is 0 Å². The largest absolute Gasteiger partial charge is 0.361 e. The van der Waals surface area contributed by atoms with Crippen LogP contribution >= 0.6 is 12.2 Å². The molecule has 0 atom stereocenters. The molecule has 0 bridgehead atoms. The van der Waals surface area contributed by atoms with Crippen LogP contribution in [0.5, 0.6) is 0 Å². The van der Waals surface area contributed by atoms with E-state index in [0.29, 0.717) is 5.11 Å². The highest BCUT2D eigenvalue weighted by Crippen LogP contribution is 2.18. The highest BCUT2D eigenvalue weighted by atomic mass is 32.1. The minimum atomic E-state index is 0.572. The molecule has 0 fully saturated rings. The highest BCUT2D eigenvalue weighted by Gasteiger charge is 2.03. The minimum absolute atomic E-state index is 0.572. The lowest BCUT2D eigenvalue weighted by atomic mass is 10.0. The molecular weight excluding hydrogens is 278 g/mol. The van der Waals surface area contributed by atoms with Gasteiger partial charge in [-0.3, -0.25) is 5.43 Å². The quantitative estimate of drug-likeness (QED) is 0.381. The number of unbranched alkanes of at least 4 members (excludes halogenated alkanes) is 1. The van der Waals surface area contributed by atoms with E-state index in [4.69, 9.17) is 12.2 Å². The maximum atomic E-state index is 5.20. The molecule has 21 heavy (non-hydrogen) atoms. The molecule has 3 nitrogen and oxygen atoms in total. The molecule has 0 saturated heterocycles. The number of rotatable bonds is 5. The molecule has 2 N–H and O–H groups in total. The predicted octanol–water partition coefficient (Wildman–Crippen LogP) is 3.83. The molecule has 0 saturated carbocycles. The van der Waals surface area contributed by atoms with Gasteiger partial charge in [0.15, 0.2) is 5.11 Å². The van der Waals surface area contributed by atoms with Crippen molar-refractivity contribution in [3.05, 3.63) is 48.0 Å². The Morgan fingerprint density at radius 3 is 2.71 bits per heavy atom. The van der Waals surface area contributed by atoms with Crippen LogP contribution in [0, 0.1) is 0 Å². The standard InChI is InChI=1S/C17H21N3S/c1-3-4-12-18-17(21)20-19-13(2)15-11-7-9-14-8-5-6-10-16(14)15/h5-11H,3-4,12H2,1-2H3,(H2,18,20,21)/b19-13-. The molecular formula is C17H21N3S. The summed E-state index contributed by atoms with van der Waals surface area (Å²) < 4.78 is 0. The first kappa shape index (κ1) is 15.4. The molecule has 0 radical (unpaired) electrons. The smallest absolute Gasteiger partial charge is 0.186 e. The number of hydrogen-bond donors (Lipinski definition) is 2. The third-order valence-electron chi connectivity index (χ3n) is 3.32. The number of thiocarbonyl (C=S) groups is 1. The maximum Gasteiger partial charge on any atom is 0.186 e. The lowest BCUT2D eigenvalue weighted by Crippen LogP contribution is -2.33. The van der Waals surface area contributed by atoms with E-state index in [0.717, 1.165) is 30.7 Å². The van der Waals surface area contributed by atoms with Gasteiger partial charge in [-0.25, -0.2) is 0 Å². The Bertz CT molecular complexity index is 644. The van der Waals surface area contributed by atoms with Gasteiger partial charge in [0.25, 0.3) is 0 Å². The van der Waals surface area contributed by atoms with Gasteiger partial charge >= 0.3 is 0 Å². The zero-order valence-corrected chi connectivity index (χ0v) is 13.3. The Balaban J connectivity index is 2.09. The van der Waals surface area contributed by atoms with Crippen molar-refractivity contribution in [2.45, 2.75) is 26.7 Å². The highest BCUT2D eigenvalue weighted by molar-refractivity contribution is 7.80. The Hall–Kier alpha value is -1.94. The van der Waals surface area contributed by atoms with Crippen molar-refractivity contribution in [2.75, 3.05) is 6.54 Å². The summed E-state index contributed by atoms with van der Waals surface area (Å²) in [6.07, 6.45) is 2.25. The van der Waals surface area contributed by atoms with E-state index < -0.39 is 0 Å². The lowest BCUT2D eigenvalue weighted by molar-refractivity contribution is 0.745. The third kappa shape index (κ3) is 4.26. The van der Waals surface area contributed by atoms with Crippen LogP contribution < -0.4 is 10.7 Å². The normalized spacial score (nSPS) is 11.4.